The van der Waals surface area contributed by atoms with Gasteiger partial charge in [-0.2, -0.15) is 0 Å². The van der Waals surface area contributed by atoms with E-state index >= 15 is 0 Å². The Kier molecular flexibility index (Phi) is 2.74. The maximum Gasteiger partial charge on any atom is 0.299 e. The summed E-state index contributed by atoms with van der Waals surface area (Å²) in [4.78, 5) is 0. The first kappa shape index (κ1) is 9.54. The molecule has 0 aliphatic rings. The van der Waals surface area contributed by atoms with Gasteiger partial charge >= 0.3 is 0 Å². The molecule has 0 amide bonds. The minimum absolute atomic E-state index is 0.354. The molecule has 1 heterocycles. The van der Waals surface area contributed by atoms with Crippen molar-refractivity contribution in [2.75, 3.05) is 0 Å². The van der Waals surface area contributed by atoms with Crippen molar-refractivity contribution in [3.63, 3.8) is 0 Å². The van der Waals surface area contributed by atoms with Crippen LogP contribution in [-0.4, -0.2) is 10.2 Å². The van der Waals surface area contributed by atoms with Crippen LogP contribution in [0.4, 0.5) is 4.39 Å². The topological polar surface area (TPSA) is 35.0 Å². The molecule has 0 saturated heterocycles. The van der Waals surface area contributed by atoms with Crippen molar-refractivity contribution in [1.82, 2.24) is 10.2 Å². The Bertz CT molecular complexity index is 435. The first-order valence-electron chi connectivity index (χ1n) is 3.65. The number of halogens is 2. The highest BCUT2D eigenvalue weighted by molar-refractivity contribution is 9.10. The maximum atomic E-state index is 12.8. The summed E-state index contributed by atoms with van der Waals surface area (Å²) in [6.45, 7) is 0. The Morgan fingerprint density at radius 3 is 3.00 bits per heavy atom. The second-order valence-electron chi connectivity index (χ2n) is 2.38. The summed E-state index contributed by atoms with van der Waals surface area (Å²) in [7, 11) is 0. The third kappa shape index (κ3) is 2.08. The molecule has 0 N–H and O–H groups in total. The zero-order chi connectivity index (χ0) is 9.97. The minimum atomic E-state index is -0.354. The molecule has 0 unspecified atom stereocenters. The highest BCUT2D eigenvalue weighted by Gasteiger charge is 2.06. The van der Waals surface area contributed by atoms with E-state index in [1.165, 1.54) is 23.5 Å². The van der Waals surface area contributed by atoms with E-state index in [0.29, 0.717) is 15.4 Å². The fraction of sp³-hybridized carbons (Fsp3) is 0. The molecule has 1 aromatic carbocycles. The predicted octanol–water partition coefficient (Wildman–Crippen LogP) is 3.23. The lowest BCUT2D eigenvalue weighted by molar-refractivity contribution is 0.465. The molecule has 6 heteroatoms. The van der Waals surface area contributed by atoms with Crippen LogP contribution in [0.3, 0.4) is 0 Å². The molecule has 72 valence electrons. The zero-order valence-electron chi connectivity index (χ0n) is 6.78. The van der Waals surface area contributed by atoms with Crippen LogP contribution >= 0.6 is 27.3 Å². The summed E-state index contributed by atoms with van der Waals surface area (Å²) in [5, 5.41) is 7.68. The number of benzene rings is 1. The number of hydrogen-bond donors (Lipinski definition) is 0. The summed E-state index contributed by atoms with van der Waals surface area (Å²) in [6, 6.07) is 4.20. The first-order chi connectivity index (χ1) is 6.75. The van der Waals surface area contributed by atoms with Crippen LogP contribution in [0.2, 0.25) is 0 Å². The van der Waals surface area contributed by atoms with Crippen LogP contribution < -0.4 is 4.74 Å². The molecular formula is C8H4BrFN2OS. The van der Waals surface area contributed by atoms with Gasteiger partial charge in [0.15, 0.2) is 0 Å². The van der Waals surface area contributed by atoms with E-state index in [9.17, 15) is 4.39 Å². The van der Waals surface area contributed by atoms with E-state index in [1.54, 1.807) is 11.6 Å². The van der Waals surface area contributed by atoms with E-state index in [0.717, 1.165) is 0 Å². The molecule has 0 aliphatic heterocycles. The van der Waals surface area contributed by atoms with Crippen molar-refractivity contribution in [1.29, 1.82) is 0 Å². The van der Waals surface area contributed by atoms with Crippen LogP contribution in [0.5, 0.6) is 10.9 Å². The Labute approximate surface area is 91.7 Å². The van der Waals surface area contributed by atoms with Gasteiger partial charge in [-0.05, 0) is 28.1 Å². The lowest BCUT2D eigenvalue weighted by Crippen LogP contribution is -1.86. The van der Waals surface area contributed by atoms with Gasteiger partial charge in [-0.1, -0.05) is 16.4 Å². The highest BCUT2D eigenvalue weighted by Crippen LogP contribution is 2.30. The first-order valence-corrected chi connectivity index (χ1v) is 5.32. The molecular weight excluding hydrogens is 271 g/mol. The molecule has 2 aromatic rings. The van der Waals surface area contributed by atoms with Crippen LogP contribution in [0.25, 0.3) is 0 Å². The monoisotopic (exact) mass is 274 g/mol. The number of hydrogen-bond acceptors (Lipinski definition) is 4. The van der Waals surface area contributed by atoms with Crippen molar-refractivity contribution in [3.8, 4) is 10.9 Å². The lowest BCUT2D eigenvalue weighted by Gasteiger charge is -2.02. The largest absolute Gasteiger partial charge is 0.428 e. The second kappa shape index (κ2) is 4.02. The molecule has 2 rings (SSSR count). The molecule has 0 radical (unpaired) electrons. The van der Waals surface area contributed by atoms with Gasteiger partial charge in [-0.25, -0.2) is 4.39 Å². The summed E-state index contributed by atoms with van der Waals surface area (Å²) in [5.74, 6) is 0.0365. The van der Waals surface area contributed by atoms with E-state index in [2.05, 4.69) is 26.1 Å². The van der Waals surface area contributed by atoms with Gasteiger partial charge in [-0.15, -0.1) is 5.10 Å². The Morgan fingerprint density at radius 1 is 1.43 bits per heavy atom. The average Bonchev–Trinajstić information content (AvgIpc) is 2.64. The van der Waals surface area contributed by atoms with Crippen LogP contribution in [-0.2, 0) is 0 Å². The van der Waals surface area contributed by atoms with Crippen LogP contribution in [0.1, 0.15) is 0 Å². The Hall–Kier alpha value is -1.01. The van der Waals surface area contributed by atoms with Gasteiger partial charge in [0.2, 0.25) is 0 Å². The molecule has 0 fully saturated rings. The van der Waals surface area contributed by atoms with Crippen molar-refractivity contribution in [2.45, 2.75) is 0 Å². The molecule has 0 aliphatic carbocycles. The number of nitrogens with zero attached hydrogens (tertiary/aromatic N) is 2. The lowest BCUT2D eigenvalue weighted by atomic mass is 10.3. The SMILES string of the molecule is Fc1ccc(Br)c(Oc2nncs2)c1. The van der Waals surface area contributed by atoms with Gasteiger partial charge in [0.25, 0.3) is 5.19 Å². The Balaban J connectivity index is 2.28. The summed E-state index contributed by atoms with van der Waals surface area (Å²) in [6.07, 6.45) is 0. The third-order valence-electron chi connectivity index (χ3n) is 1.43. The summed E-state index contributed by atoms with van der Waals surface area (Å²) in [5.41, 5.74) is 1.54. The summed E-state index contributed by atoms with van der Waals surface area (Å²) >= 11 is 4.49. The van der Waals surface area contributed by atoms with Crippen LogP contribution in [0.15, 0.2) is 28.2 Å². The molecule has 1 aromatic heterocycles. The standard InChI is InChI=1S/C8H4BrFN2OS/c9-6-2-1-5(10)3-7(6)13-8-12-11-4-14-8/h1-4H. The van der Waals surface area contributed by atoms with E-state index < -0.39 is 0 Å². The minimum Gasteiger partial charge on any atom is -0.428 e. The fourth-order valence-electron chi connectivity index (χ4n) is 0.857. The second-order valence-corrected chi connectivity index (χ2v) is 4.03. The van der Waals surface area contributed by atoms with Crippen LogP contribution in [0, 0.1) is 5.82 Å². The maximum absolute atomic E-state index is 12.8. The zero-order valence-corrected chi connectivity index (χ0v) is 9.18. The van der Waals surface area contributed by atoms with Gasteiger partial charge in [-0.3, -0.25) is 0 Å². The highest BCUT2D eigenvalue weighted by atomic mass is 79.9. The van der Waals surface area contributed by atoms with Gasteiger partial charge in [0.05, 0.1) is 4.47 Å². The summed E-state index contributed by atoms with van der Waals surface area (Å²) < 4.78 is 18.8. The Morgan fingerprint density at radius 2 is 2.29 bits per heavy atom. The van der Waals surface area contributed by atoms with E-state index in [4.69, 9.17) is 4.74 Å². The quantitative estimate of drug-likeness (QED) is 0.844. The predicted molar refractivity (Wildman–Crippen MR) is 54.1 cm³/mol. The van der Waals surface area contributed by atoms with E-state index in [1.807, 2.05) is 0 Å². The molecule has 0 spiro atoms. The molecule has 0 atom stereocenters. The van der Waals surface area contributed by atoms with Crippen molar-refractivity contribution in [3.05, 3.63) is 34.0 Å². The molecule has 0 saturated carbocycles. The number of ether oxygens (including phenoxy) is 1. The average molecular weight is 275 g/mol. The van der Waals surface area contributed by atoms with Crippen molar-refractivity contribution < 1.29 is 9.13 Å². The van der Waals surface area contributed by atoms with Crippen molar-refractivity contribution in [2.24, 2.45) is 0 Å². The van der Waals surface area contributed by atoms with Crippen molar-refractivity contribution >= 4 is 27.3 Å². The molecule has 0 bridgehead atoms. The smallest absolute Gasteiger partial charge is 0.299 e. The molecule has 14 heavy (non-hydrogen) atoms. The number of aromatic nitrogens is 2. The van der Waals surface area contributed by atoms with Gasteiger partial charge in [0.1, 0.15) is 17.1 Å². The number of rotatable bonds is 2. The molecule has 3 nitrogen and oxygen atoms in total. The fourth-order valence-corrected chi connectivity index (χ4v) is 1.60. The third-order valence-corrected chi connectivity index (χ3v) is 2.65. The van der Waals surface area contributed by atoms with E-state index in [-0.39, 0.29) is 5.82 Å². The van der Waals surface area contributed by atoms with Gasteiger partial charge < -0.3 is 4.74 Å². The van der Waals surface area contributed by atoms with Gasteiger partial charge in [0, 0.05) is 6.07 Å². The normalized spacial score (nSPS) is 10.1.